The normalized spacial score (nSPS) is 15.7. The van der Waals surface area contributed by atoms with Crippen LogP contribution >= 0.6 is 0 Å². The molecule has 1 aliphatic carbocycles. The van der Waals surface area contributed by atoms with Gasteiger partial charge in [-0.1, -0.05) is 49.2 Å². The first-order valence-electron chi connectivity index (χ1n) is 8.58. The third-order valence-corrected chi connectivity index (χ3v) is 4.80. The number of pyridine rings is 1. The molecule has 3 rings (SSSR count). The Bertz CT molecular complexity index is 822. The van der Waals surface area contributed by atoms with Crippen molar-refractivity contribution in [3.05, 3.63) is 75.2 Å². The quantitative estimate of drug-likeness (QED) is 0.842. The zero-order valence-corrected chi connectivity index (χ0v) is 14.3. The van der Waals surface area contributed by atoms with Gasteiger partial charge in [-0.15, -0.1) is 0 Å². The highest BCUT2D eigenvalue weighted by atomic mass is 16.1. The van der Waals surface area contributed by atoms with E-state index in [1.54, 1.807) is 6.92 Å². The number of carbonyl (C=O) groups is 1. The number of carbonyl (C=O) groups excluding carboxylic acids is 1. The van der Waals surface area contributed by atoms with Gasteiger partial charge in [-0.05, 0) is 44.2 Å². The van der Waals surface area contributed by atoms with Crippen LogP contribution in [0.15, 0.2) is 47.3 Å². The molecule has 0 amide bonds. The van der Waals surface area contributed by atoms with E-state index in [-0.39, 0.29) is 11.3 Å². The van der Waals surface area contributed by atoms with Crippen molar-refractivity contribution in [2.45, 2.75) is 39.5 Å². The molecule has 0 aliphatic heterocycles. The van der Waals surface area contributed by atoms with Gasteiger partial charge in [0.05, 0.1) is 0 Å². The number of Topliss-reactive ketones (excluding diaryl/α,β-unsaturated/α-hetero) is 1. The zero-order valence-electron chi connectivity index (χ0n) is 14.3. The molecular formula is C21H23NO2. The molecule has 1 fully saturated rings. The Morgan fingerprint density at radius 1 is 1.04 bits per heavy atom. The Balaban J connectivity index is 2.05. The molecule has 1 N–H and O–H groups in total. The highest BCUT2D eigenvalue weighted by Crippen LogP contribution is 2.31. The van der Waals surface area contributed by atoms with Crippen LogP contribution in [0.25, 0.3) is 5.57 Å². The SMILES string of the molecule is CC(=O)c1ccc(/C(=C\C2CCCC2)c2ccc(C)c(=O)[nH]2)cc1. The number of aromatic amines is 1. The Kier molecular flexibility index (Phi) is 4.79. The van der Waals surface area contributed by atoms with Gasteiger partial charge >= 0.3 is 0 Å². The van der Waals surface area contributed by atoms with Crippen LogP contribution in [0.1, 0.15) is 59.8 Å². The summed E-state index contributed by atoms with van der Waals surface area (Å²) < 4.78 is 0. The number of aromatic nitrogens is 1. The number of aryl methyl sites for hydroxylation is 1. The Labute approximate surface area is 142 Å². The maximum absolute atomic E-state index is 12.0. The number of hydrogen-bond donors (Lipinski definition) is 1. The molecule has 0 spiro atoms. The molecule has 1 saturated carbocycles. The molecule has 24 heavy (non-hydrogen) atoms. The molecule has 0 radical (unpaired) electrons. The largest absolute Gasteiger partial charge is 0.322 e. The van der Waals surface area contributed by atoms with Crippen LogP contribution in [0.3, 0.4) is 0 Å². The van der Waals surface area contributed by atoms with Gasteiger partial charge in [-0.3, -0.25) is 9.59 Å². The van der Waals surface area contributed by atoms with E-state index >= 15 is 0 Å². The molecule has 1 heterocycles. The second-order valence-corrected chi connectivity index (χ2v) is 6.64. The number of rotatable bonds is 4. The van der Waals surface area contributed by atoms with Gasteiger partial charge in [-0.25, -0.2) is 0 Å². The predicted molar refractivity (Wildman–Crippen MR) is 97.3 cm³/mol. The predicted octanol–water partition coefficient (Wildman–Crippen LogP) is 4.51. The van der Waals surface area contributed by atoms with Gasteiger partial charge in [0, 0.05) is 22.4 Å². The fourth-order valence-corrected chi connectivity index (χ4v) is 3.29. The molecule has 124 valence electrons. The average Bonchev–Trinajstić information content (AvgIpc) is 3.09. The average molecular weight is 321 g/mol. The van der Waals surface area contributed by atoms with Crippen molar-refractivity contribution in [2.24, 2.45) is 5.92 Å². The highest BCUT2D eigenvalue weighted by Gasteiger charge is 2.16. The minimum absolute atomic E-state index is 0.0508. The summed E-state index contributed by atoms with van der Waals surface area (Å²) in [7, 11) is 0. The standard InChI is InChI=1S/C21H23NO2/c1-14-7-12-20(22-21(14)24)19(13-16-5-3-4-6-16)18-10-8-17(9-11-18)15(2)23/h7-13,16H,3-6H2,1-2H3,(H,22,24)/b19-13+. The lowest BCUT2D eigenvalue weighted by Crippen LogP contribution is -2.11. The Hall–Kier alpha value is -2.42. The van der Waals surface area contributed by atoms with Gasteiger partial charge in [0.25, 0.3) is 5.56 Å². The van der Waals surface area contributed by atoms with Gasteiger partial charge in [0.15, 0.2) is 5.78 Å². The van der Waals surface area contributed by atoms with Gasteiger partial charge in [0.1, 0.15) is 0 Å². The number of allylic oxidation sites excluding steroid dienone is 1. The maximum Gasteiger partial charge on any atom is 0.251 e. The van der Waals surface area contributed by atoms with Crippen molar-refractivity contribution in [2.75, 3.05) is 0 Å². The summed E-state index contributed by atoms with van der Waals surface area (Å²) in [4.78, 5) is 26.5. The second-order valence-electron chi connectivity index (χ2n) is 6.64. The molecule has 2 aromatic rings. The van der Waals surface area contributed by atoms with Crippen molar-refractivity contribution < 1.29 is 4.79 Å². The summed E-state index contributed by atoms with van der Waals surface area (Å²) in [6.45, 7) is 3.38. The van der Waals surface area contributed by atoms with Crippen LogP contribution in [-0.4, -0.2) is 10.8 Å². The number of hydrogen-bond acceptors (Lipinski definition) is 2. The van der Waals surface area contributed by atoms with Crippen LogP contribution < -0.4 is 5.56 Å². The van der Waals surface area contributed by atoms with Gasteiger partial charge in [0.2, 0.25) is 0 Å². The summed E-state index contributed by atoms with van der Waals surface area (Å²) >= 11 is 0. The maximum atomic E-state index is 12.0. The fourth-order valence-electron chi connectivity index (χ4n) is 3.29. The number of H-pyrrole nitrogens is 1. The lowest BCUT2D eigenvalue weighted by atomic mass is 9.95. The van der Waals surface area contributed by atoms with Crippen LogP contribution in [-0.2, 0) is 0 Å². The van der Waals surface area contributed by atoms with Crippen LogP contribution in [0.5, 0.6) is 0 Å². The van der Waals surface area contributed by atoms with Crippen LogP contribution in [0.4, 0.5) is 0 Å². The third-order valence-electron chi connectivity index (χ3n) is 4.80. The molecule has 0 bridgehead atoms. The van der Waals surface area contributed by atoms with Crippen molar-refractivity contribution in [1.29, 1.82) is 0 Å². The first-order valence-corrected chi connectivity index (χ1v) is 8.58. The molecule has 0 unspecified atom stereocenters. The van der Waals surface area contributed by atoms with E-state index in [4.69, 9.17) is 0 Å². The van der Waals surface area contributed by atoms with Gasteiger partial charge in [-0.2, -0.15) is 0 Å². The summed E-state index contributed by atoms with van der Waals surface area (Å²) in [5.74, 6) is 0.615. The smallest absolute Gasteiger partial charge is 0.251 e. The molecule has 1 aliphatic rings. The van der Waals surface area contributed by atoms with Crippen LogP contribution in [0.2, 0.25) is 0 Å². The molecule has 0 atom stereocenters. The number of benzene rings is 1. The Morgan fingerprint density at radius 3 is 2.25 bits per heavy atom. The van der Waals surface area contributed by atoms with Crippen molar-refractivity contribution in [3.63, 3.8) is 0 Å². The third kappa shape index (κ3) is 3.56. The number of nitrogens with one attached hydrogen (secondary N) is 1. The molecule has 3 heteroatoms. The minimum Gasteiger partial charge on any atom is -0.322 e. The van der Waals surface area contributed by atoms with Crippen molar-refractivity contribution in [1.82, 2.24) is 4.98 Å². The lowest BCUT2D eigenvalue weighted by molar-refractivity contribution is 0.101. The molecule has 1 aromatic heterocycles. The van der Waals surface area contributed by atoms with Crippen molar-refractivity contribution >= 4 is 11.4 Å². The van der Waals surface area contributed by atoms with E-state index in [2.05, 4.69) is 11.1 Å². The monoisotopic (exact) mass is 321 g/mol. The molecule has 3 nitrogen and oxygen atoms in total. The number of ketones is 1. The summed E-state index contributed by atoms with van der Waals surface area (Å²) in [6.07, 6.45) is 7.22. The van der Waals surface area contributed by atoms with E-state index in [9.17, 15) is 9.59 Å². The summed E-state index contributed by atoms with van der Waals surface area (Å²) in [6, 6.07) is 11.5. The summed E-state index contributed by atoms with van der Waals surface area (Å²) in [5.41, 5.74) is 4.29. The minimum atomic E-state index is -0.0508. The molecule has 1 aromatic carbocycles. The molecule has 0 saturated heterocycles. The Morgan fingerprint density at radius 2 is 1.67 bits per heavy atom. The molecular weight excluding hydrogens is 298 g/mol. The first kappa shape index (κ1) is 16.4. The van der Waals surface area contributed by atoms with E-state index in [0.717, 1.165) is 16.8 Å². The summed E-state index contributed by atoms with van der Waals surface area (Å²) in [5, 5.41) is 0. The van der Waals surface area contributed by atoms with Crippen LogP contribution in [0, 0.1) is 12.8 Å². The van der Waals surface area contributed by atoms with Gasteiger partial charge < -0.3 is 4.98 Å². The van der Waals surface area contributed by atoms with E-state index in [1.807, 2.05) is 43.3 Å². The van der Waals surface area contributed by atoms with E-state index in [0.29, 0.717) is 17.0 Å². The van der Waals surface area contributed by atoms with E-state index in [1.165, 1.54) is 25.7 Å². The first-order chi connectivity index (χ1) is 11.5. The fraction of sp³-hybridized carbons (Fsp3) is 0.333. The van der Waals surface area contributed by atoms with Crippen molar-refractivity contribution in [3.8, 4) is 0 Å². The topological polar surface area (TPSA) is 49.9 Å². The zero-order chi connectivity index (χ0) is 17.1. The lowest BCUT2D eigenvalue weighted by Gasteiger charge is -2.12. The second kappa shape index (κ2) is 7.00. The highest BCUT2D eigenvalue weighted by molar-refractivity contribution is 5.94. The van der Waals surface area contributed by atoms with E-state index < -0.39 is 0 Å².